The molecule has 0 aliphatic heterocycles. The molecular formula is C14H26N2O. The summed E-state index contributed by atoms with van der Waals surface area (Å²) in [6, 6.07) is 2.30. The van der Waals surface area contributed by atoms with Gasteiger partial charge in [-0.05, 0) is 44.6 Å². The Morgan fingerprint density at radius 2 is 2.00 bits per heavy atom. The smallest absolute Gasteiger partial charge is 0.127 e. The minimum atomic E-state index is -0.540. The van der Waals surface area contributed by atoms with Crippen LogP contribution < -0.4 is 5.32 Å². The van der Waals surface area contributed by atoms with Crippen LogP contribution in [0.5, 0.6) is 0 Å². The molecule has 0 spiro atoms. The number of hydrogen-bond donors (Lipinski definition) is 1. The summed E-state index contributed by atoms with van der Waals surface area (Å²) in [6.45, 7) is 9.85. The molecule has 0 heterocycles. The molecule has 0 aromatic rings. The highest BCUT2D eigenvalue weighted by Crippen LogP contribution is 2.36. The van der Waals surface area contributed by atoms with Gasteiger partial charge in [-0.3, -0.25) is 5.32 Å². The number of ether oxygens (including phenoxy) is 1. The summed E-state index contributed by atoms with van der Waals surface area (Å²) >= 11 is 0. The molecule has 1 fully saturated rings. The maximum absolute atomic E-state index is 9.14. The number of hydrogen-bond acceptors (Lipinski definition) is 3. The van der Waals surface area contributed by atoms with Crippen LogP contribution in [-0.2, 0) is 4.74 Å². The lowest BCUT2D eigenvalue weighted by Crippen LogP contribution is -2.46. The third kappa shape index (κ3) is 4.65. The zero-order valence-electron chi connectivity index (χ0n) is 11.7. The van der Waals surface area contributed by atoms with Gasteiger partial charge in [0.05, 0.1) is 18.8 Å². The van der Waals surface area contributed by atoms with Crippen LogP contribution in [0.25, 0.3) is 0 Å². The van der Waals surface area contributed by atoms with Crippen molar-refractivity contribution >= 4 is 0 Å². The molecule has 1 saturated carbocycles. The molecule has 1 aliphatic carbocycles. The Balaban J connectivity index is 2.34. The standard InChI is InChI=1S/C14H26N2O/c1-5-16-14(4,10-15)11-17-12-6-8-13(2,3)9-7-12/h12,16H,5-9,11H2,1-4H3. The Hall–Kier alpha value is -0.590. The predicted octanol–water partition coefficient (Wildman–Crippen LogP) is 2.86. The van der Waals surface area contributed by atoms with Crippen LogP contribution in [0.3, 0.4) is 0 Å². The van der Waals surface area contributed by atoms with Crippen molar-refractivity contribution in [3.8, 4) is 6.07 Å². The van der Waals surface area contributed by atoms with Gasteiger partial charge < -0.3 is 4.74 Å². The predicted molar refractivity (Wildman–Crippen MR) is 69.7 cm³/mol. The highest BCUT2D eigenvalue weighted by molar-refractivity contribution is 5.03. The molecule has 0 bridgehead atoms. The van der Waals surface area contributed by atoms with Gasteiger partial charge in [-0.15, -0.1) is 0 Å². The maximum Gasteiger partial charge on any atom is 0.127 e. The minimum absolute atomic E-state index is 0.342. The van der Waals surface area contributed by atoms with Gasteiger partial charge in [-0.2, -0.15) is 5.26 Å². The molecule has 17 heavy (non-hydrogen) atoms. The van der Waals surface area contributed by atoms with E-state index in [1.54, 1.807) is 0 Å². The fraction of sp³-hybridized carbons (Fsp3) is 0.929. The van der Waals surface area contributed by atoms with Gasteiger partial charge in [0.2, 0.25) is 0 Å². The van der Waals surface area contributed by atoms with E-state index in [2.05, 4.69) is 25.2 Å². The fourth-order valence-corrected chi connectivity index (χ4v) is 2.34. The zero-order chi connectivity index (χ0) is 12.9. The van der Waals surface area contributed by atoms with E-state index in [1.807, 2.05) is 13.8 Å². The van der Waals surface area contributed by atoms with Crippen molar-refractivity contribution in [2.75, 3.05) is 13.2 Å². The van der Waals surface area contributed by atoms with Crippen LogP contribution in [-0.4, -0.2) is 24.8 Å². The quantitative estimate of drug-likeness (QED) is 0.801. The van der Waals surface area contributed by atoms with E-state index in [4.69, 9.17) is 10.00 Å². The van der Waals surface area contributed by atoms with Crippen LogP contribution >= 0.6 is 0 Å². The largest absolute Gasteiger partial charge is 0.375 e. The summed E-state index contributed by atoms with van der Waals surface area (Å²) in [5.74, 6) is 0. The van der Waals surface area contributed by atoms with Gasteiger partial charge in [-0.25, -0.2) is 0 Å². The first kappa shape index (κ1) is 14.5. The van der Waals surface area contributed by atoms with Crippen molar-refractivity contribution < 1.29 is 4.74 Å². The number of nitrogens with one attached hydrogen (secondary N) is 1. The molecule has 1 aliphatic rings. The molecule has 98 valence electrons. The molecule has 0 aromatic heterocycles. The van der Waals surface area contributed by atoms with Crippen LogP contribution in [0.4, 0.5) is 0 Å². The molecule has 1 atom stereocenters. The maximum atomic E-state index is 9.14. The zero-order valence-corrected chi connectivity index (χ0v) is 11.7. The lowest BCUT2D eigenvalue weighted by molar-refractivity contribution is -0.0129. The molecular weight excluding hydrogens is 212 g/mol. The highest BCUT2D eigenvalue weighted by Gasteiger charge is 2.30. The topological polar surface area (TPSA) is 45.0 Å². The first-order chi connectivity index (χ1) is 7.91. The van der Waals surface area contributed by atoms with Crippen molar-refractivity contribution in [3.63, 3.8) is 0 Å². The van der Waals surface area contributed by atoms with Gasteiger partial charge >= 0.3 is 0 Å². The summed E-state index contributed by atoms with van der Waals surface area (Å²) in [6.07, 6.45) is 5.04. The lowest BCUT2D eigenvalue weighted by atomic mass is 9.76. The van der Waals surface area contributed by atoms with E-state index < -0.39 is 5.54 Å². The SMILES string of the molecule is CCNC(C)(C#N)COC1CCC(C)(C)CC1. The van der Waals surface area contributed by atoms with Gasteiger partial charge in [0.15, 0.2) is 0 Å². The average Bonchev–Trinajstić information content (AvgIpc) is 2.28. The van der Waals surface area contributed by atoms with Crippen LogP contribution in [0.15, 0.2) is 0 Å². The fourth-order valence-electron chi connectivity index (χ4n) is 2.34. The van der Waals surface area contributed by atoms with Crippen molar-refractivity contribution in [2.24, 2.45) is 5.41 Å². The van der Waals surface area contributed by atoms with E-state index in [1.165, 1.54) is 12.8 Å². The molecule has 0 saturated heterocycles. The van der Waals surface area contributed by atoms with E-state index in [-0.39, 0.29) is 0 Å². The van der Waals surface area contributed by atoms with Gasteiger partial charge in [0, 0.05) is 0 Å². The summed E-state index contributed by atoms with van der Waals surface area (Å²) in [7, 11) is 0. The van der Waals surface area contributed by atoms with Crippen molar-refractivity contribution in [3.05, 3.63) is 0 Å². The molecule has 0 aromatic carbocycles. The monoisotopic (exact) mass is 238 g/mol. The Labute approximate surface area is 106 Å². The highest BCUT2D eigenvalue weighted by atomic mass is 16.5. The van der Waals surface area contributed by atoms with E-state index in [0.29, 0.717) is 18.1 Å². The summed E-state index contributed by atoms with van der Waals surface area (Å²) in [4.78, 5) is 0. The Bertz CT molecular complexity index is 272. The van der Waals surface area contributed by atoms with Gasteiger partial charge in [0.25, 0.3) is 0 Å². The first-order valence-electron chi connectivity index (χ1n) is 6.69. The Morgan fingerprint density at radius 3 is 2.47 bits per heavy atom. The molecule has 3 heteroatoms. The second-order valence-corrected chi connectivity index (χ2v) is 6.15. The summed E-state index contributed by atoms with van der Waals surface area (Å²) in [5, 5.41) is 12.3. The third-order valence-corrected chi connectivity index (χ3v) is 3.71. The van der Waals surface area contributed by atoms with Crippen LogP contribution in [0.1, 0.15) is 53.4 Å². The second kappa shape index (κ2) is 5.84. The Morgan fingerprint density at radius 1 is 1.41 bits per heavy atom. The first-order valence-corrected chi connectivity index (χ1v) is 6.69. The number of rotatable bonds is 5. The molecule has 0 radical (unpaired) electrons. The summed E-state index contributed by atoms with van der Waals surface area (Å²) < 4.78 is 5.90. The lowest BCUT2D eigenvalue weighted by Gasteiger charge is -2.35. The van der Waals surface area contributed by atoms with E-state index in [9.17, 15) is 0 Å². The van der Waals surface area contributed by atoms with Crippen LogP contribution in [0, 0.1) is 16.7 Å². The average molecular weight is 238 g/mol. The van der Waals surface area contributed by atoms with Gasteiger partial charge in [0.1, 0.15) is 5.54 Å². The molecule has 3 nitrogen and oxygen atoms in total. The second-order valence-electron chi connectivity index (χ2n) is 6.15. The molecule has 0 amide bonds. The molecule has 1 rings (SSSR count). The van der Waals surface area contributed by atoms with Crippen molar-refractivity contribution in [1.29, 1.82) is 5.26 Å². The van der Waals surface area contributed by atoms with E-state index >= 15 is 0 Å². The normalized spacial score (nSPS) is 23.9. The minimum Gasteiger partial charge on any atom is -0.375 e. The summed E-state index contributed by atoms with van der Waals surface area (Å²) in [5.41, 5.74) is -0.0677. The number of likely N-dealkylation sites (N-methyl/N-ethyl adjacent to an activating group) is 1. The van der Waals surface area contributed by atoms with Crippen molar-refractivity contribution in [2.45, 2.75) is 65.0 Å². The Kier molecular flexibility index (Phi) is 4.97. The molecule has 1 unspecified atom stereocenters. The number of nitriles is 1. The van der Waals surface area contributed by atoms with Crippen LogP contribution in [0.2, 0.25) is 0 Å². The van der Waals surface area contributed by atoms with Gasteiger partial charge in [-0.1, -0.05) is 20.8 Å². The number of nitrogens with zero attached hydrogens (tertiary/aromatic N) is 1. The third-order valence-electron chi connectivity index (χ3n) is 3.71. The van der Waals surface area contributed by atoms with E-state index in [0.717, 1.165) is 19.4 Å². The van der Waals surface area contributed by atoms with Crippen molar-refractivity contribution in [1.82, 2.24) is 5.32 Å². The molecule has 1 N–H and O–H groups in total.